The Kier molecular flexibility index (Phi) is 13.3. The second kappa shape index (κ2) is 13.4. The molecule has 2 nitrogen and oxygen atoms in total. The molecule has 0 aromatic carbocycles. The molecule has 0 rings (SSSR count). The number of carbonyl (C=O) groups excluding carboxylic acids is 1. The summed E-state index contributed by atoms with van der Waals surface area (Å²) in [5.41, 5.74) is 0. The molecule has 0 aromatic heterocycles. The number of carbonyl (C=O) groups is 1. The molecular weight excluding hydrogens is 339 g/mol. The summed E-state index contributed by atoms with van der Waals surface area (Å²) in [6.07, 6.45) is 15.7. The van der Waals surface area contributed by atoms with Crippen molar-refractivity contribution in [3.63, 3.8) is 0 Å². The molecule has 0 aliphatic heterocycles. The minimum absolute atomic E-state index is 0.0128. The van der Waals surface area contributed by atoms with Gasteiger partial charge in [-0.25, -0.2) is 0 Å². The average Bonchev–Trinajstić information content (AvgIpc) is 2.30. The average molecular weight is 366 g/mol. The maximum atomic E-state index is 10.7. The van der Waals surface area contributed by atoms with Crippen LogP contribution in [0.3, 0.4) is 0 Å². The summed E-state index contributed by atoms with van der Waals surface area (Å²) in [5.74, 6) is -0.189. The lowest BCUT2D eigenvalue weighted by atomic mass is 10.1. The van der Waals surface area contributed by atoms with Crippen LogP contribution in [-0.4, -0.2) is 10.1 Å². The van der Waals surface area contributed by atoms with Crippen LogP contribution in [0.4, 0.5) is 0 Å². The summed E-state index contributed by atoms with van der Waals surface area (Å²) in [6, 6.07) is 0. The van der Waals surface area contributed by atoms with E-state index in [2.05, 4.69) is 41.7 Å². The number of hydrogen-bond acceptors (Lipinski definition) is 2. The smallest absolute Gasteiger partial charge is 0.303 e. The summed E-state index contributed by atoms with van der Waals surface area (Å²) >= 11 is 2.17. The first-order chi connectivity index (χ1) is 8.66. The molecule has 106 valence electrons. The summed E-state index contributed by atoms with van der Waals surface area (Å²) in [6.45, 7) is 3.71. The van der Waals surface area contributed by atoms with E-state index < -0.39 is 0 Å². The highest BCUT2D eigenvalue weighted by Gasteiger charge is 2.04. The van der Waals surface area contributed by atoms with E-state index >= 15 is 0 Å². The van der Waals surface area contributed by atoms with Gasteiger partial charge in [0.05, 0.1) is 0 Å². The Hall–Kier alpha value is -0.0600. The minimum atomic E-state index is -0.189. The van der Waals surface area contributed by atoms with E-state index in [1.165, 1.54) is 51.9 Å². The first-order valence-corrected chi connectivity index (χ1v) is 8.37. The van der Waals surface area contributed by atoms with Crippen molar-refractivity contribution in [3.8, 4) is 0 Å². The molecule has 0 aromatic rings. The van der Waals surface area contributed by atoms with Gasteiger partial charge >= 0.3 is 5.97 Å². The molecule has 0 spiro atoms. The Morgan fingerprint density at radius 3 is 2.39 bits per heavy atom. The van der Waals surface area contributed by atoms with Gasteiger partial charge in [-0.05, 0) is 48.3 Å². The van der Waals surface area contributed by atoms with Crippen LogP contribution in [0.2, 0.25) is 0 Å². The van der Waals surface area contributed by atoms with Gasteiger partial charge in [0.15, 0.2) is 4.11 Å². The zero-order chi connectivity index (χ0) is 13.6. The second-order valence-corrected chi connectivity index (χ2v) is 6.01. The molecule has 0 heterocycles. The third-order valence-corrected chi connectivity index (χ3v) is 3.62. The van der Waals surface area contributed by atoms with Crippen LogP contribution in [0, 0.1) is 0 Å². The summed E-state index contributed by atoms with van der Waals surface area (Å²) < 4.78 is 5.06. The molecule has 0 amide bonds. The molecule has 0 aliphatic rings. The van der Waals surface area contributed by atoms with Crippen LogP contribution >= 0.6 is 22.6 Å². The third-order valence-electron chi connectivity index (χ3n) is 2.75. The number of rotatable bonds is 11. The first-order valence-electron chi connectivity index (χ1n) is 7.13. The van der Waals surface area contributed by atoms with E-state index in [0.717, 1.165) is 12.8 Å². The van der Waals surface area contributed by atoms with Crippen molar-refractivity contribution < 1.29 is 9.53 Å². The summed E-state index contributed by atoms with van der Waals surface area (Å²) in [5, 5.41) is 0. The molecule has 1 unspecified atom stereocenters. The van der Waals surface area contributed by atoms with E-state index in [4.69, 9.17) is 4.74 Å². The predicted octanol–water partition coefficient (Wildman–Crippen LogP) is 5.40. The molecule has 0 N–H and O–H groups in total. The second-order valence-electron chi connectivity index (χ2n) is 4.62. The van der Waals surface area contributed by atoms with E-state index in [1.807, 2.05) is 0 Å². The third kappa shape index (κ3) is 14.0. The monoisotopic (exact) mass is 366 g/mol. The number of allylic oxidation sites excluding steroid dienone is 2. The van der Waals surface area contributed by atoms with Crippen LogP contribution < -0.4 is 0 Å². The first kappa shape index (κ1) is 17.9. The Balaban J connectivity index is 3.25. The van der Waals surface area contributed by atoms with Crippen LogP contribution in [0.15, 0.2) is 12.2 Å². The van der Waals surface area contributed by atoms with Crippen LogP contribution in [-0.2, 0) is 9.53 Å². The minimum Gasteiger partial charge on any atom is -0.452 e. The predicted molar refractivity (Wildman–Crippen MR) is 85.9 cm³/mol. The maximum Gasteiger partial charge on any atom is 0.303 e. The maximum absolute atomic E-state index is 10.7. The lowest BCUT2D eigenvalue weighted by molar-refractivity contribution is -0.141. The lowest BCUT2D eigenvalue weighted by Gasteiger charge is -2.07. The zero-order valence-corrected chi connectivity index (χ0v) is 13.9. The van der Waals surface area contributed by atoms with E-state index in [0.29, 0.717) is 0 Å². The number of hydrogen-bond donors (Lipinski definition) is 0. The number of ether oxygens (including phenoxy) is 1. The molecule has 1 atom stereocenters. The zero-order valence-electron chi connectivity index (χ0n) is 11.8. The van der Waals surface area contributed by atoms with Crippen molar-refractivity contribution in [1.29, 1.82) is 0 Å². The Bertz CT molecular complexity index is 227. The fourth-order valence-corrected chi connectivity index (χ4v) is 2.46. The van der Waals surface area contributed by atoms with Gasteiger partial charge in [0, 0.05) is 6.92 Å². The SMILES string of the molecule is CCCCCCCCC=CCCC(I)OC(C)=O. The normalized spacial score (nSPS) is 12.8. The van der Waals surface area contributed by atoms with E-state index in [-0.39, 0.29) is 10.1 Å². The highest BCUT2D eigenvalue weighted by Crippen LogP contribution is 2.12. The molecular formula is C15H27IO2. The number of unbranched alkanes of at least 4 members (excludes halogenated alkanes) is 6. The number of alkyl halides is 1. The molecule has 0 saturated carbocycles. The van der Waals surface area contributed by atoms with Crippen molar-refractivity contribution in [2.45, 2.75) is 75.7 Å². The lowest BCUT2D eigenvalue weighted by Crippen LogP contribution is -2.07. The summed E-state index contributed by atoms with van der Waals surface area (Å²) in [7, 11) is 0. The quantitative estimate of drug-likeness (QED) is 0.161. The van der Waals surface area contributed by atoms with Gasteiger partial charge < -0.3 is 4.74 Å². The molecule has 0 radical (unpaired) electrons. The standard InChI is InChI=1S/C15H27IO2/c1-3-4-5-6-7-8-9-10-11-12-13-15(16)18-14(2)17/h10-11,15H,3-9,12-13H2,1-2H3. The molecule has 0 saturated heterocycles. The van der Waals surface area contributed by atoms with E-state index in [9.17, 15) is 4.79 Å². The van der Waals surface area contributed by atoms with Gasteiger partial charge in [-0.2, -0.15) is 0 Å². The number of halogens is 1. The van der Waals surface area contributed by atoms with Gasteiger partial charge in [-0.15, -0.1) is 0 Å². The van der Waals surface area contributed by atoms with E-state index in [1.54, 1.807) is 0 Å². The molecule has 0 aliphatic carbocycles. The number of esters is 1. The molecule has 18 heavy (non-hydrogen) atoms. The van der Waals surface area contributed by atoms with Gasteiger partial charge in [0.25, 0.3) is 0 Å². The fourth-order valence-electron chi connectivity index (χ4n) is 1.74. The Morgan fingerprint density at radius 2 is 1.72 bits per heavy atom. The Morgan fingerprint density at radius 1 is 1.11 bits per heavy atom. The molecule has 0 fully saturated rings. The molecule has 0 bridgehead atoms. The highest BCUT2D eigenvalue weighted by atomic mass is 127. The van der Waals surface area contributed by atoms with Gasteiger partial charge in [0.2, 0.25) is 0 Å². The highest BCUT2D eigenvalue weighted by molar-refractivity contribution is 14.1. The van der Waals surface area contributed by atoms with Gasteiger partial charge in [0.1, 0.15) is 0 Å². The van der Waals surface area contributed by atoms with Crippen molar-refractivity contribution in [1.82, 2.24) is 0 Å². The van der Waals surface area contributed by atoms with Crippen LogP contribution in [0.25, 0.3) is 0 Å². The Labute approximate surface area is 126 Å². The topological polar surface area (TPSA) is 26.3 Å². The van der Waals surface area contributed by atoms with Crippen molar-refractivity contribution in [3.05, 3.63) is 12.2 Å². The van der Waals surface area contributed by atoms with Gasteiger partial charge in [-0.1, -0.05) is 51.2 Å². The summed E-state index contributed by atoms with van der Waals surface area (Å²) in [4.78, 5) is 10.7. The van der Waals surface area contributed by atoms with Crippen LogP contribution in [0.1, 0.15) is 71.6 Å². The fraction of sp³-hybridized carbons (Fsp3) is 0.800. The van der Waals surface area contributed by atoms with Crippen molar-refractivity contribution >= 4 is 28.6 Å². The molecule has 3 heteroatoms. The van der Waals surface area contributed by atoms with Crippen LogP contribution in [0.5, 0.6) is 0 Å². The van der Waals surface area contributed by atoms with Crippen molar-refractivity contribution in [2.75, 3.05) is 0 Å². The van der Waals surface area contributed by atoms with Gasteiger partial charge in [-0.3, -0.25) is 4.79 Å². The largest absolute Gasteiger partial charge is 0.452 e. The van der Waals surface area contributed by atoms with Crippen molar-refractivity contribution in [2.24, 2.45) is 0 Å².